The maximum atomic E-state index is 13.2. The highest BCUT2D eigenvalue weighted by Gasteiger charge is 2.45. The highest BCUT2D eigenvalue weighted by Crippen LogP contribution is 2.48. The van der Waals surface area contributed by atoms with Gasteiger partial charge in [-0.2, -0.15) is 8.78 Å². The Kier molecular flexibility index (Phi) is 6.07. The minimum Gasteiger partial charge on any atom is -0.434 e. The Balaban J connectivity index is 1.35. The topological polar surface area (TPSA) is 51.2 Å². The van der Waals surface area contributed by atoms with Gasteiger partial charge in [-0.3, -0.25) is 4.79 Å². The van der Waals surface area contributed by atoms with E-state index >= 15 is 0 Å². The number of nitrogens with zero attached hydrogens (tertiary/aromatic N) is 2. The maximum absolute atomic E-state index is 13.2. The van der Waals surface area contributed by atoms with E-state index in [4.69, 9.17) is 14.2 Å². The summed E-state index contributed by atoms with van der Waals surface area (Å²) in [4.78, 5) is 17.3. The predicted molar refractivity (Wildman–Crippen MR) is 130 cm³/mol. The van der Waals surface area contributed by atoms with Crippen LogP contribution in [-0.4, -0.2) is 56.9 Å². The van der Waals surface area contributed by atoms with Gasteiger partial charge in [0.05, 0.1) is 25.9 Å². The van der Waals surface area contributed by atoms with Crippen molar-refractivity contribution >= 4 is 11.6 Å². The molecule has 6 nitrogen and oxygen atoms in total. The minimum atomic E-state index is -2.95. The van der Waals surface area contributed by atoms with E-state index in [0.717, 1.165) is 48.7 Å². The molecule has 2 atom stereocenters. The second-order valence-electron chi connectivity index (χ2n) is 9.10. The number of benzene rings is 3. The van der Waals surface area contributed by atoms with Crippen LogP contribution >= 0.6 is 0 Å². The molecule has 2 saturated heterocycles. The Morgan fingerprint density at radius 1 is 0.861 bits per heavy atom. The summed E-state index contributed by atoms with van der Waals surface area (Å²) >= 11 is 0. The molecule has 0 saturated carbocycles. The molecule has 6 rings (SSSR count). The molecular formula is C28H26F2N2O4. The van der Waals surface area contributed by atoms with Gasteiger partial charge in [-0.05, 0) is 47.0 Å². The number of hydrogen-bond donors (Lipinski definition) is 0. The zero-order chi connectivity index (χ0) is 24.6. The molecular weight excluding hydrogens is 466 g/mol. The van der Waals surface area contributed by atoms with Gasteiger partial charge in [0.15, 0.2) is 0 Å². The number of rotatable bonds is 5. The molecule has 1 unspecified atom stereocenters. The molecule has 0 radical (unpaired) electrons. The van der Waals surface area contributed by atoms with Crippen LogP contribution in [0.2, 0.25) is 0 Å². The van der Waals surface area contributed by atoms with E-state index in [1.807, 2.05) is 18.2 Å². The van der Waals surface area contributed by atoms with Crippen LogP contribution in [0.3, 0.4) is 0 Å². The van der Waals surface area contributed by atoms with Gasteiger partial charge in [0.25, 0.3) is 5.91 Å². The molecule has 0 spiro atoms. The van der Waals surface area contributed by atoms with Crippen molar-refractivity contribution in [3.05, 3.63) is 83.4 Å². The van der Waals surface area contributed by atoms with Crippen molar-refractivity contribution in [2.45, 2.75) is 18.8 Å². The Morgan fingerprint density at radius 3 is 2.39 bits per heavy atom. The summed E-state index contributed by atoms with van der Waals surface area (Å²) in [5.74, 6) is -0.000112. The summed E-state index contributed by atoms with van der Waals surface area (Å²) in [6, 6.07) is 20.5. The lowest BCUT2D eigenvalue weighted by Gasteiger charge is -2.37. The van der Waals surface area contributed by atoms with Crippen LogP contribution in [0, 0.1) is 0 Å². The number of fused-ring (bicyclic) bond motifs is 3. The molecule has 0 bridgehead atoms. The fraction of sp³-hybridized carbons (Fsp3) is 0.321. The number of ether oxygens (including phenoxy) is 3. The van der Waals surface area contributed by atoms with Crippen molar-refractivity contribution in [2.24, 2.45) is 0 Å². The summed E-state index contributed by atoms with van der Waals surface area (Å²) < 4.78 is 42.5. The van der Waals surface area contributed by atoms with E-state index in [9.17, 15) is 13.6 Å². The zero-order valence-corrected chi connectivity index (χ0v) is 19.6. The van der Waals surface area contributed by atoms with E-state index in [-0.39, 0.29) is 11.7 Å². The fourth-order valence-electron chi connectivity index (χ4n) is 5.43. The third-order valence-electron chi connectivity index (χ3n) is 7.13. The molecule has 0 aromatic heterocycles. The monoisotopic (exact) mass is 492 g/mol. The van der Waals surface area contributed by atoms with Crippen LogP contribution in [0.1, 0.15) is 33.6 Å². The third-order valence-corrected chi connectivity index (χ3v) is 7.13. The molecule has 186 valence electrons. The van der Waals surface area contributed by atoms with Crippen LogP contribution in [0.5, 0.6) is 5.75 Å². The van der Waals surface area contributed by atoms with Gasteiger partial charge in [0.1, 0.15) is 11.9 Å². The number of carbonyl (C=O) groups is 1. The quantitative estimate of drug-likeness (QED) is 0.499. The molecule has 8 heteroatoms. The van der Waals surface area contributed by atoms with Crippen molar-refractivity contribution in [3.63, 3.8) is 0 Å². The van der Waals surface area contributed by atoms with Gasteiger partial charge in [-0.1, -0.05) is 36.4 Å². The number of alkyl halides is 2. The zero-order valence-electron chi connectivity index (χ0n) is 19.6. The first-order chi connectivity index (χ1) is 17.6. The number of carbonyl (C=O) groups excluding carboxylic acids is 1. The first kappa shape index (κ1) is 22.9. The summed E-state index contributed by atoms with van der Waals surface area (Å²) in [5.41, 5.74) is 5.14. The molecule has 3 aromatic carbocycles. The van der Waals surface area contributed by atoms with Gasteiger partial charge in [0.2, 0.25) is 0 Å². The standard InChI is InChI=1S/C28H26F2N2O4/c29-28(30)36-24-4-2-1-3-22(24)26-25-23-17-19(7-10-21(23)27(33)32(25)13-16-35-26)18-5-8-20(9-6-18)31-11-14-34-15-12-31/h1-10,17,25-26,28H,11-16H2/t25?,26-/m0/s1. The Morgan fingerprint density at radius 2 is 1.61 bits per heavy atom. The lowest BCUT2D eigenvalue weighted by Crippen LogP contribution is -2.40. The average molecular weight is 493 g/mol. The average Bonchev–Trinajstić information content (AvgIpc) is 3.21. The second kappa shape index (κ2) is 9.52. The van der Waals surface area contributed by atoms with Crippen molar-refractivity contribution in [1.29, 1.82) is 0 Å². The molecule has 36 heavy (non-hydrogen) atoms. The highest BCUT2D eigenvalue weighted by molar-refractivity contribution is 6.00. The largest absolute Gasteiger partial charge is 0.434 e. The molecule has 3 aliphatic heterocycles. The molecule has 3 heterocycles. The second-order valence-corrected chi connectivity index (χ2v) is 9.10. The normalized spacial score (nSPS) is 21.5. The number of amides is 1. The number of morpholine rings is 2. The van der Waals surface area contributed by atoms with E-state index in [2.05, 4.69) is 29.2 Å². The molecule has 0 aliphatic carbocycles. The summed E-state index contributed by atoms with van der Waals surface area (Å²) in [5, 5.41) is 0. The van der Waals surface area contributed by atoms with E-state index < -0.39 is 18.8 Å². The number of anilines is 1. The SMILES string of the molecule is O=C1c2ccc(-c3ccc(N4CCOCC4)cc3)cc2C2[C@H](c3ccccc3OC(F)F)OCCN12. The maximum Gasteiger partial charge on any atom is 0.387 e. The van der Waals surface area contributed by atoms with Gasteiger partial charge in [-0.25, -0.2) is 0 Å². The molecule has 3 aromatic rings. The van der Waals surface area contributed by atoms with E-state index in [1.54, 1.807) is 23.1 Å². The number of halogens is 2. The van der Waals surface area contributed by atoms with E-state index in [1.165, 1.54) is 6.07 Å². The molecule has 0 N–H and O–H groups in total. The smallest absolute Gasteiger partial charge is 0.387 e. The number of para-hydroxylation sites is 1. The minimum absolute atomic E-state index is 0.0649. The van der Waals surface area contributed by atoms with Crippen molar-refractivity contribution in [2.75, 3.05) is 44.4 Å². The molecule has 2 fully saturated rings. The van der Waals surface area contributed by atoms with Gasteiger partial charge in [0, 0.05) is 36.4 Å². The first-order valence-electron chi connectivity index (χ1n) is 12.1. The summed E-state index contributed by atoms with van der Waals surface area (Å²) in [7, 11) is 0. The van der Waals surface area contributed by atoms with Crippen LogP contribution in [-0.2, 0) is 9.47 Å². The predicted octanol–water partition coefficient (Wildman–Crippen LogP) is 5.06. The van der Waals surface area contributed by atoms with Gasteiger partial charge in [-0.15, -0.1) is 0 Å². The van der Waals surface area contributed by atoms with E-state index in [0.29, 0.717) is 24.3 Å². The summed E-state index contributed by atoms with van der Waals surface area (Å²) in [6.45, 7) is 1.01. The van der Waals surface area contributed by atoms with Crippen molar-refractivity contribution in [3.8, 4) is 16.9 Å². The van der Waals surface area contributed by atoms with Crippen molar-refractivity contribution < 1.29 is 27.8 Å². The van der Waals surface area contributed by atoms with Crippen molar-refractivity contribution in [1.82, 2.24) is 4.90 Å². The Labute approximate surface area is 208 Å². The lowest BCUT2D eigenvalue weighted by atomic mass is 9.91. The fourth-order valence-corrected chi connectivity index (χ4v) is 5.43. The molecule has 1 amide bonds. The number of hydrogen-bond acceptors (Lipinski definition) is 5. The first-order valence-corrected chi connectivity index (χ1v) is 12.1. The molecule has 3 aliphatic rings. The van der Waals surface area contributed by atoms with Crippen LogP contribution in [0.25, 0.3) is 11.1 Å². The third kappa shape index (κ3) is 4.10. The van der Waals surface area contributed by atoms with Crippen LogP contribution in [0.15, 0.2) is 66.7 Å². The van der Waals surface area contributed by atoms with Gasteiger partial charge >= 0.3 is 6.61 Å². The highest BCUT2D eigenvalue weighted by atomic mass is 19.3. The summed E-state index contributed by atoms with van der Waals surface area (Å²) in [6.07, 6.45) is -0.613. The van der Waals surface area contributed by atoms with Gasteiger partial charge < -0.3 is 24.0 Å². The van der Waals surface area contributed by atoms with Crippen LogP contribution in [0.4, 0.5) is 14.5 Å². The Hall–Kier alpha value is -3.49. The Bertz CT molecular complexity index is 1260. The lowest BCUT2D eigenvalue weighted by molar-refractivity contribution is -0.0690. The van der Waals surface area contributed by atoms with Crippen LogP contribution < -0.4 is 9.64 Å².